The van der Waals surface area contributed by atoms with Gasteiger partial charge >= 0.3 is 0 Å². The van der Waals surface area contributed by atoms with Gasteiger partial charge in [-0.25, -0.2) is 9.97 Å². The number of carbonyl (C=O) groups excluding carboxylic acids is 2. The smallest absolute Gasteiger partial charge is 0.256 e. The topological polar surface area (TPSA) is 120 Å². The van der Waals surface area contributed by atoms with Gasteiger partial charge in [0.1, 0.15) is 11.1 Å². The minimum atomic E-state index is -0.356. The maximum Gasteiger partial charge on any atom is 0.256 e. The number of rotatable bonds is 7. The number of fused-ring (bicyclic) bond motifs is 1. The van der Waals surface area contributed by atoms with Crippen LogP contribution in [0.1, 0.15) is 37.5 Å². The van der Waals surface area contributed by atoms with Crippen LogP contribution in [0.4, 0.5) is 5.69 Å². The molecule has 4 aromatic rings. The number of aromatic nitrogens is 2. The number of ether oxygens (including phenoxy) is 1. The van der Waals surface area contributed by atoms with Gasteiger partial charge in [0, 0.05) is 31.0 Å². The molecule has 0 aliphatic carbocycles. The van der Waals surface area contributed by atoms with E-state index in [9.17, 15) is 14.9 Å². The fraction of sp³-hybridized carbons (Fsp3) is 0.250. The van der Waals surface area contributed by atoms with E-state index in [4.69, 9.17) is 9.72 Å². The molecule has 1 saturated heterocycles. The number of amides is 2. The van der Waals surface area contributed by atoms with Crippen molar-refractivity contribution in [3.8, 4) is 6.07 Å². The summed E-state index contributed by atoms with van der Waals surface area (Å²) in [6, 6.07) is 16.5. The molecule has 5 rings (SSSR count). The van der Waals surface area contributed by atoms with E-state index >= 15 is 0 Å². The van der Waals surface area contributed by atoms with Crippen LogP contribution < -0.4 is 10.6 Å². The molecule has 1 aliphatic rings. The Morgan fingerprint density at radius 2 is 1.90 bits per heavy atom. The molecule has 11 heteroatoms. The predicted molar refractivity (Wildman–Crippen MR) is 151 cm³/mol. The molecule has 2 aromatic carbocycles. The molecule has 39 heavy (non-hydrogen) atoms. The first-order valence-corrected chi connectivity index (χ1v) is 14.0. The van der Waals surface area contributed by atoms with E-state index in [-0.39, 0.29) is 11.8 Å². The standard InChI is InChI=1S/C28H26N6O3S2/c1-17-13-18(16-30-2)22(15-29)26(31-17)39-28-33-23-8-7-19(14-24(23)38-28)32-25(35)20-5-3-4-6-21(20)27(36)34-9-11-37-12-10-34/h3-8,13-14,30H,9-12,16H2,1-2H3,(H,32,35). The number of thiazole rings is 1. The summed E-state index contributed by atoms with van der Waals surface area (Å²) in [5.74, 6) is -0.534. The van der Waals surface area contributed by atoms with Gasteiger partial charge in [-0.3, -0.25) is 9.59 Å². The largest absolute Gasteiger partial charge is 0.378 e. The number of morpholine rings is 1. The van der Waals surface area contributed by atoms with E-state index in [2.05, 4.69) is 21.7 Å². The molecule has 2 amide bonds. The maximum atomic E-state index is 13.2. The third-order valence-corrected chi connectivity index (χ3v) is 8.25. The monoisotopic (exact) mass is 558 g/mol. The molecule has 3 heterocycles. The van der Waals surface area contributed by atoms with Gasteiger partial charge in [0.2, 0.25) is 0 Å². The lowest BCUT2D eigenvalue weighted by Gasteiger charge is -2.27. The number of aryl methyl sites for hydroxylation is 1. The zero-order valence-electron chi connectivity index (χ0n) is 21.5. The van der Waals surface area contributed by atoms with E-state index in [0.717, 1.165) is 25.8 Å². The highest BCUT2D eigenvalue weighted by atomic mass is 32.2. The molecule has 0 radical (unpaired) electrons. The Morgan fingerprint density at radius 1 is 1.13 bits per heavy atom. The first-order valence-electron chi connectivity index (χ1n) is 12.4. The molecule has 0 saturated carbocycles. The van der Waals surface area contributed by atoms with Crippen molar-refractivity contribution < 1.29 is 14.3 Å². The summed E-state index contributed by atoms with van der Waals surface area (Å²) in [5, 5.41) is 16.4. The van der Waals surface area contributed by atoms with Gasteiger partial charge in [-0.2, -0.15) is 5.26 Å². The average molecular weight is 559 g/mol. The number of nitrogens with one attached hydrogen (secondary N) is 2. The number of nitriles is 1. The van der Waals surface area contributed by atoms with Crippen molar-refractivity contribution in [1.29, 1.82) is 5.26 Å². The van der Waals surface area contributed by atoms with Crippen LogP contribution >= 0.6 is 23.1 Å². The molecule has 198 valence electrons. The molecule has 1 aliphatic heterocycles. The van der Waals surface area contributed by atoms with Crippen LogP contribution in [0.25, 0.3) is 10.2 Å². The molecule has 0 bridgehead atoms. The van der Waals surface area contributed by atoms with E-state index in [1.165, 1.54) is 23.1 Å². The highest BCUT2D eigenvalue weighted by Crippen LogP contribution is 2.37. The second kappa shape index (κ2) is 11.9. The molecule has 0 unspecified atom stereocenters. The predicted octanol–water partition coefficient (Wildman–Crippen LogP) is 4.47. The van der Waals surface area contributed by atoms with E-state index < -0.39 is 0 Å². The third kappa shape index (κ3) is 5.94. The van der Waals surface area contributed by atoms with Crippen LogP contribution in [-0.4, -0.2) is 60.0 Å². The van der Waals surface area contributed by atoms with E-state index in [1.54, 1.807) is 35.2 Å². The van der Waals surface area contributed by atoms with Crippen molar-refractivity contribution in [3.05, 3.63) is 76.5 Å². The summed E-state index contributed by atoms with van der Waals surface area (Å²) in [6.07, 6.45) is 0. The number of anilines is 1. The normalized spacial score (nSPS) is 13.3. The molecule has 1 fully saturated rings. The highest BCUT2D eigenvalue weighted by Gasteiger charge is 2.23. The van der Waals surface area contributed by atoms with Crippen molar-refractivity contribution in [2.75, 3.05) is 38.7 Å². The first-order chi connectivity index (χ1) is 19.0. The van der Waals surface area contributed by atoms with Crippen LogP contribution in [0.15, 0.2) is 57.9 Å². The number of benzene rings is 2. The van der Waals surface area contributed by atoms with Gasteiger partial charge < -0.3 is 20.3 Å². The summed E-state index contributed by atoms with van der Waals surface area (Å²) >= 11 is 2.82. The Morgan fingerprint density at radius 3 is 2.64 bits per heavy atom. The van der Waals surface area contributed by atoms with Crippen molar-refractivity contribution >= 4 is 50.8 Å². The minimum absolute atomic E-state index is 0.178. The quantitative estimate of drug-likeness (QED) is 0.341. The van der Waals surface area contributed by atoms with Crippen molar-refractivity contribution in [1.82, 2.24) is 20.2 Å². The van der Waals surface area contributed by atoms with Gasteiger partial charge in [-0.05, 0) is 67.7 Å². The van der Waals surface area contributed by atoms with E-state index in [0.29, 0.717) is 60.3 Å². The molecule has 0 spiro atoms. The average Bonchev–Trinajstić information content (AvgIpc) is 3.34. The Bertz CT molecular complexity index is 1590. The summed E-state index contributed by atoms with van der Waals surface area (Å²) in [7, 11) is 1.84. The van der Waals surface area contributed by atoms with Gasteiger partial charge in [-0.15, -0.1) is 11.3 Å². The van der Waals surface area contributed by atoms with Gasteiger partial charge in [0.05, 0.1) is 40.1 Å². The molecule has 2 N–H and O–H groups in total. The second-order valence-electron chi connectivity index (χ2n) is 8.91. The lowest BCUT2D eigenvalue weighted by molar-refractivity contribution is 0.0302. The van der Waals surface area contributed by atoms with Gasteiger partial charge in [0.15, 0.2) is 4.34 Å². The molecule has 9 nitrogen and oxygen atoms in total. The molecule has 0 atom stereocenters. The van der Waals surface area contributed by atoms with Crippen LogP contribution in [-0.2, 0) is 11.3 Å². The van der Waals surface area contributed by atoms with Crippen LogP contribution in [0.5, 0.6) is 0 Å². The number of carbonyl (C=O) groups is 2. The van der Waals surface area contributed by atoms with Crippen molar-refractivity contribution in [3.63, 3.8) is 0 Å². The van der Waals surface area contributed by atoms with Crippen LogP contribution in [0.3, 0.4) is 0 Å². The van der Waals surface area contributed by atoms with Crippen LogP contribution in [0.2, 0.25) is 0 Å². The SMILES string of the molecule is CNCc1cc(C)nc(Sc2nc3ccc(NC(=O)c4ccccc4C(=O)N4CCOCC4)cc3s2)c1C#N. The highest BCUT2D eigenvalue weighted by molar-refractivity contribution is 8.01. The Hall–Kier alpha value is -3.82. The Kier molecular flexibility index (Phi) is 8.18. The van der Waals surface area contributed by atoms with Gasteiger partial charge in [0.25, 0.3) is 11.8 Å². The van der Waals surface area contributed by atoms with Crippen molar-refractivity contribution in [2.45, 2.75) is 22.8 Å². The zero-order valence-corrected chi connectivity index (χ0v) is 23.1. The first kappa shape index (κ1) is 26.8. The Balaban J connectivity index is 1.36. The fourth-order valence-corrected chi connectivity index (χ4v) is 6.53. The van der Waals surface area contributed by atoms with Gasteiger partial charge in [-0.1, -0.05) is 12.1 Å². The minimum Gasteiger partial charge on any atom is -0.378 e. The lowest BCUT2D eigenvalue weighted by atomic mass is 10.0. The number of pyridine rings is 1. The summed E-state index contributed by atoms with van der Waals surface area (Å²) < 4.78 is 6.98. The zero-order chi connectivity index (χ0) is 27.4. The summed E-state index contributed by atoms with van der Waals surface area (Å²) in [6.45, 7) is 4.46. The molecule has 2 aromatic heterocycles. The number of hydrogen-bond acceptors (Lipinski definition) is 9. The maximum absolute atomic E-state index is 13.2. The number of hydrogen-bond donors (Lipinski definition) is 2. The van der Waals surface area contributed by atoms with E-state index in [1.807, 2.05) is 32.2 Å². The third-order valence-electron chi connectivity index (χ3n) is 6.19. The van der Waals surface area contributed by atoms with Crippen molar-refractivity contribution in [2.24, 2.45) is 0 Å². The number of nitrogens with zero attached hydrogens (tertiary/aromatic N) is 4. The molecular formula is C28H26N6O3S2. The molecular weight excluding hydrogens is 532 g/mol. The lowest BCUT2D eigenvalue weighted by Crippen LogP contribution is -2.41. The second-order valence-corrected chi connectivity index (χ2v) is 11.2. The fourth-order valence-electron chi connectivity index (χ4n) is 4.34. The Labute approximate surface area is 234 Å². The van der Waals surface area contributed by atoms with Crippen LogP contribution in [0, 0.1) is 18.3 Å². The summed E-state index contributed by atoms with van der Waals surface area (Å²) in [5.41, 5.74) is 4.34. The summed E-state index contributed by atoms with van der Waals surface area (Å²) in [4.78, 5) is 37.3.